The number of alkyl halides is 6. The van der Waals surface area contributed by atoms with Gasteiger partial charge in [-0.2, -0.15) is 0 Å². The van der Waals surface area contributed by atoms with E-state index in [0.29, 0.717) is 38.5 Å². The number of quaternary nitrogens is 1. The molecule has 2 aliphatic heterocycles. The minimum absolute atomic E-state index is 0.0720. The van der Waals surface area contributed by atoms with Gasteiger partial charge in [-0.15, -0.1) is 0 Å². The van der Waals surface area contributed by atoms with Gasteiger partial charge in [0.05, 0.1) is 6.54 Å². The summed E-state index contributed by atoms with van der Waals surface area (Å²) in [5.41, 5.74) is 29.9. The van der Waals surface area contributed by atoms with E-state index in [9.17, 15) is 74.3 Å². The second-order valence-electron chi connectivity index (χ2n) is 31.4. The van der Waals surface area contributed by atoms with Crippen molar-refractivity contribution in [1.29, 1.82) is 0 Å². The molecule has 1 aromatic carbocycles. The number of aliphatic imine (C=N–C) groups is 1. The lowest BCUT2D eigenvalue weighted by molar-refractivity contribution is -0.368. The fourth-order valence-electron chi connectivity index (χ4n) is 12.2. The van der Waals surface area contributed by atoms with Gasteiger partial charge in [-0.25, -0.2) is 40.7 Å². The number of carbonyl (C=O) groups is 10. The van der Waals surface area contributed by atoms with Crippen molar-refractivity contribution in [2.75, 3.05) is 51.7 Å². The minimum Gasteiger partial charge on any atom is -0.481 e. The van der Waals surface area contributed by atoms with Crippen molar-refractivity contribution in [2.45, 2.75) is 389 Å². The van der Waals surface area contributed by atoms with E-state index in [1.165, 1.54) is 88.5 Å². The molecule has 1 aromatic rings. The summed E-state index contributed by atoms with van der Waals surface area (Å²) in [6.07, 6.45) is 27.2. The van der Waals surface area contributed by atoms with Crippen molar-refractivity contribution in [3.8, 4) is 0 Å². The average molecular weight is 1880 g/mol. The molecule has 1 amide bonds. The number of carboxylic acid groups (broad SMARTS) is 6. The third-order valence-electron chi connectivity index (χ3n) is 20.2. The molecule has 28 nitrogen and oxygen atoms in total. The van der Waals surface area contributed by atoms with Crippen molar-refractivity contribution in [3.63, 3.8) is 0 Å². The lowest BCUT2D eigenvalue weighted by atomic mass is 9.95. The predicted molar refractivity (Wildman–Crippen MR) is 483 cm³/mol. The fourth-order valence-corrected chi connectivity index (χ4v) is 15.8. The third kappa shape index (κ3) is 68.9. The summed E-state index contributed by atoms with van der Waals surface area (Å²) in [5.74, 6) is -7.68. The van der Waals surface area contributed by atoms with Gasteiger partial charge in [0.25, 0.3) is 19.3 Å². The molecule has 4 unspecified atom stereocenters. The Balaban J connectivity index is -0.000000743. The van der Waals surface area contributed by atoms with Gasteiger partial charge in [0.1, 0.15) is 19.3 Å². The Morgan fingerprint density at radius 2 is 0.952 bits per heavy atom. The number of nitrogens with two attached hydrogens (primary N) is 6. The van der Waals surface area contributed by atoms with Gasteiger partial charge in [0.15, 0.2) is 22.7 Å². The lowest BCUT2D eigenvalue weighted by Gasteiger charge is -2.27. The zero-order valence-electron chi connectivity index (χ0n) is 74.8. The molecular weight excluding hydrogens is 1720 g/mol. The van der Waals surface area contributed by atoms with Crippen LogP contribution >= 0.6 is 44.8 Å². The Kier molecular flexibility index (Phi) is 81.7. The van der Waals surface area contributed by atoms with E-state index in [1.807, 2.05) is 53.6 Å². The van der Waals surface area contributed by atoms with Crippen LogP contribution in [0.4, 0.5) is 26.3 Å². The Hall–Kier alpha value is -5.83. The highest BCUT2D eigenvalue weighted by Crippen LogP contribution is 2.40. The van der Waals surface area contributed by atoms with Crippen molar-refractivity contribution in [2.24, 2.45) is 45.3 Å². The highest BCUT2D eigenvalue weighted by atomic mass is 35.5. The summed E-state index contributed by atoms with van der Waals surface area (Å²) in [7, 11) is 3.92. The number of unbranched alkanes of at least 4 members (excludes halogenated alkanes) is 22. The van der Waals surface area contributed by atoms with Crippen molar-refractivity contribution < 1.29 is 125 Å². The number of esters is 3. The second-order valence-corrected chi connectivity index (χ2v) is 35.0. The molecule has 1 fully saturated rings. The van der Waals surface area contributed by atoms with Crippen LogP contribution < -0.4 is 45.5 Å². The van der Waals surface area contributed by atoms with E-state index in [0.717, 1.165) is 162 Å². The number of nitrogens with one attached hydrogen (secondary N) is 1. The van der Waals surface area contributed by atoms with Gasteiger partial charge in [0.2, 0.25) is 5.91 Å². The smallest absolute Gasteiger partial charge is 0.332 e. The number of halogens is 8. The maximum absolute atomic E-state index is 13.6. The summed E-state index contributed by atoms with van der Waals surface area (Å²) < 4.78 is 92.5. The topological polar surface area (TPSA) is 528 Å². The molecule has 0 saturated carbocycles. The molecule has 22 N–H and O–H groups in total. The summed E-state index contributed by atoms with van der Waals surface area (Å²) in [4.78, 5) is 115. The van der Waals surface area contributed by atoms with Gasteiger partial charge in [-0.1, -0.05) is 220 Å². The third-order valence-corrected chi connectivity index (χ3v) is 23.9. The molecule has 2 aliphatic rings. The van der Waals surface area contributed by atoms with Gasteiger partial charge in [-0.3, -0.25) is 38.6 Å². The summed E-state index contributed by atoms with van der Waals surface area (Å²) in [6.45, 7) is 9.71. The minimum atomic E-state index is -3.16. The molecular formula is C87H156Cl2F6N9O19S2+. The fraction of sp³-hybridized carbons (Fsp3) is 0.805. The number of carbonyl (C=O) groups excluding carboxylic acids is 4. The van der Waals surface area contributed by atoms with E-state index in [-0.39, 0.29) is 102 Å². The lowest BCUT2D eigenvalue weighted by Crippen LogP contribution is -2.55. The van der Waals surface area contributed by atoms with Gasteiger partial charge < -0.3 is 90.3 Å². The number of ether oxygens (including phenoxy) is 3. The molecule has 0 aromatic heterocycles. The first kappa shape index (κ1) is 125. The molecule has 1 saturated heterocycles. The average Bonchev–Trinajstić information content (AvgIpc) is 1.68. The summed E-state index contributed by atoms with van der Waals surface area (Å²) in [6, 6.07) is 4.92. The van der Waals surface area contributed by atoms with Crippen LogP contribution in [0.2, 0.25) is 10.0 Å². The van der Waals surface area contributed by atoms with Crippen molar-refractivity contribution >= 4 is 110 Å². The number of hydrogen-bond acceptors (Lipinski definition) is 22. The number of benzene rings is 1. The molecule has 730 valence electrons. The van der Waals surface area contributed by atoms with Crippen LogP contribution in [0.5, 0.6) is 0 Å². The predicted octanol–water partition coefficient (Wildman–Crippen LogP) is 16.7. The Morgan fingerprint density at radius 1 is 0.536 bits per heavy atom. The standard InChI is InChI=1S/C33H62F2N2O6.C14H26F2N2O3.C11H11Cl2N.C9H16O4.C8H14O2S2.C6H12F2N2O2.C6H14N2O2/c1-3-5-7-9-11-13-15-17-19-22-29(38)41-26-28(27-42-32(40)33(37,31(34)35)24-21-25-36)43-30(39)23-20-18-16-14-12-10-8-6-4-2;1-3-6-10(7-4-2)11(19)18-9-5-8-14(17,12(15)16)13(20)21;12-10-4-1-5-11(13)9(10)7-8-3-2-6-14-8;10-8(11)6-4-2-1-3-5-7-9(12)13;9-8(10)4-2-1-3-7-5-6-11-12-7;7-4(8)6(10,5(11)12)2-1-3-9;7-4-2-1-3-5(8)6(9)10/h28,31H,3-27,36-37H2,1-2H3;10,12H,3-9,17H2,1-2H3,(H,18,19)(H,20,21);1,4-5H,2-3,6-7H2;1-7H2,(H,10,11)(H,12,13);7H,1-6H2,(H,9,10);4H,1-3,9-10H2,(H,11,12);5H,1-4,7-8H2,(H,9,10)/p+1/t;;;;7-;;5-/m....1.0/s1. The maximum Gasteiger partial charge on any atom is 0.332 e. The largest absolute Gasteiger partial charge is 0.481 e. The van der Waals surface area contributed by atoms with E-state index < -0.39 is 108 Å². The Labute approximate surface area is 756 Å². The highest BCUT2D eigenvalue weighted by Gasteiger charge is 2.46. The monoisotopic (exact) mass is 1880 g/mol. The first-order valence-corrected chi connectivity index (χ1v) is 48.0. The zero-order chi connectivity index (χ0) is 95.3. The molecule has 2 heterocycles. The van der Waals surface area contributed by atoms with Crippen LogP contribution in [0.15, 0.2) is 23.2 Å². The van der Waals surface area contributed by atoms with E-state index in [2.05, 4.69) is 29.9 Å². The van der Waals surface area contributed by atoms with Crippen LogP contribution in [0.3, 0.4) is 0 Å². The van der Waals surface area contributed by atoms with Crippen LogP contribution in [-0.4, -0.2) is 201 Å². The Morgan fingerprint density at radius 3 is 1.34 bits per heavy atom. The zero-order valence-corrected chi connectivity index (χ0v) is 78.0. The molecule has 3 rings (SSSR count). The maximum atomic E-state index is 13.6. The SMILES string of the molecule is CCCC(CCC)C(=O)NCCCC(N)(C(=O)O)C(F)F.CCCCCCCCCCCC(=O)OCC(COC(=O)C(N)(CCCN)C(F)F)OC(=O)CCCCCCCCCCC.Clc1cccc(Cl)c1CC1=NCCC1.NCCCC(N)(C(=O)O)C(F)F.N[C@@H](CCCC[NH3+])C(=O)O.O=C(O)CCCCCCCC(=O)O.O=C(O)CCCC[C@@H]1CCSS1. The molecule has 0 bridgehead atoms. The summed E-state index contributed by atoms with van der Waals surface area (Å²) in [5, 5.41) is 55.4. The number of carboxylic acids is 6. The van der Waals surface area contributed by atoms with E-state index >= 15 is 0 Å². The van der Waals surface area contributed by atoms with Crippen LogP contribution in [0.25, 0.3) is 0 Å². The molecule has 0 spiro atoms. The van der Waals surface area contributed by atoms with Crippen molar-refractivity contribution in [3.05, 3.63) is 33.8 Å². The van der Waals surface area contributed by atoms with Gasteiger partial charge >= 0.3 is 53.7 Å². The number of nitrogens with zero attached hydrogens (tertiary/aromatic N) is 1. The first-order valence-electron chi connectivity index (χ1n) is 44.9. The number of amides is 1. The number of rotatable bonds is 66. The highest BCUT2D eigenvalue weighted by molar-refractivity contribution is 8.77. The van der Waals surface area contributed by atoms with Crippen LogP contribution in [0.1, 0.15) is 335 Å². The van der Waals surface area contributed by atoms with Crippen LogP contribution in [-0.2, 0) is 68.6 Å². The van der Waals surface area contributed by atoms with E-state index in [4.69, 9.17) is 102 Å². The van der Waals surface area contributed by atoms with Crippen LogP contribution in [0, 0.1) is 5.92 Å². The van der Waals surface area contributed by atoms with Gasteiger partial charge in [-0.05, 0) is 159 Å². The molecule has 0 radical (unpaired) electrons. The van der Waals surface area contributed by atoms with E-state index in [1.54, 1.807) is 0 Å². The quantitative estimate of drug-likeness (QED) is 0.00947. The van der Waals surface area contributed by atoms with Crippen molar-refractivity contribution in [1.82, 2.24) is 5.32 Å². The number of hydrogen-bond donors (Lipinski definition) is 14. The Bertz CT molecular complexity index is 3010. The molecule has 125 heavy (non-hydrogen) atoms. The molecule has 0 aliphatic carbocycles. The number of aliphatic carboxylic acids is 6. The second kappa shape index (κ2) is 81.4. The molecule has 38 heteroatoms. The normalized spacial score (nSPS) is 14.6. The first-order chi connectivity index (χ1) is 59.3. The van der Waals surface area contributed by atoms with Gasteiger partial charge in [0, 0.05) is 84.3 Å². The molecule has 6 atom stereocenters. The summed E-state index contributed by atoms with van der Waals surface area (Å²) >= 11 is 12.1.